The van der Waals surface area contributed by atoms with Gasteiger partial charge in [0.1, 0.15) is 0 Å². The van der Waals surface area contributed by atoms with E-state index >= 15 is 0 Å². The van der Waals surface area contributed by atoms with Crippen molar-refractivity contribution in [3.8, 4) is 0 Å². The first-order chi connectivity index (χ1) is 11.2. The molecule has 0 aliphatic carbocycles. The maximum absolute atomic E-state index is 12.1. The SMILES string of the molecule is O=C(CCC(=O)c1ccccc1)Nc1cccc2ncccc12. The molecular formula is C19H16N2O2. The van der Waals surface area contributed by atoms with E-state index in [0.717, 1.165) is 10.9 Å². The van der Waals surface area contributed by atoms with Crippen LogP contribution in [0, 0.1) is 0 Å². The van der Waals surface area contributed by atoms with E-state index in [0.29, 0.717) is 11.3 Å². The van der Waals surface area contributed by atoms with E-state index in [1.807, 2.05) is 48.5 Å². The van der Waals surface area contributed by atoms with Crippen molar-refractivity contribution in [1.29, 1.82) is 0 Å². The van der Waals surface area contributed by atoms with Gasteiger partial charge in [0.2, 0.25) is 5.91 Å². The minimum absolute atomic E-state index is 0.0275. The topological polar surface area (TPSA) is 59.1 Å². The van der Waals surface area contributed by atoms with E-state index in [4.69, 9.17) is 0 Å². The molecule has 4 nitrogen and oxygen atoms in total. The van der Waals surface area contributed by atoms with Gasteiger partial charge in [-0.1, -0.05) is 36.4 Å². The number of benzene rings is 2. The number of ketones is 1. The summed E-state index contributed by atoms with van der Waals surface area (Å²) in [5.74, 6) is -0.203. The number of Topliss-reactive ketones (excluding diaryl/α,β-unsaturated/α-hetero) is 1. The number of anilines is 1. The zero-order chi connectivity index (χ0) is 16.1. The van der Waals surface area contributed by atoms with E-state index in [2.05, 4.69) is 10.3 Å². The number of fused-ring (bicyclic) bond motifs is 1. The van der Waals surface area contributed by atoms with Gasteiger partial charge in [-0.3, -0.25) is 14.6 Å². The lowest BCUT2D eigenvalue weighted by molar-refractivity contribution is -0.116. The summed E-state index contributed by atoms with van der Waals surface area (Å²) in [4.78, 5) is 28.4. The summed E-state index contributed by atoms with van der Waals surface area (Å²) in [6, 6.07) is 18.3. The molecule has 23 heavy (non-hydrogen) atoms. The lowest BCUT2D eigenvalue weighted by atomic mass is 10.1. The van der Waals surface area contributed by atoms with Crippen molar-refractivity contribution in [2.75, 3.05) is 5.32 Å². The summed E-state index contributed by atoms with van der Waals surface area (Å²) in [5, 5.41) is 3.75. The largest absolute Gasteiger partial charge is 0.325 e. The number of aromatic nitrogens is 1. The first-order valence-electron chi connectivity index (χ1n) is 7.46. The third-order valence-corrected chi connectivity index (χ3v) is 3.59. The molecular weight excluding hydrogens is 288 g/mol. The van der Waals surface area contributed by atoms with Gasteiger partial charge in [-0.05, 0) is 24.3 Å². The Morgan fingerprint density at radius 1 is 0.870 bits per heavy atom. The van der Waals surface area contributed by atoms with Crippen molar-refractivity contribution >= 4 is 28.3 Å². The van der Waals surface area contributed by atoms with Gasteiger partial charge in [-0.15, -0.1) is 0 Å². The molecule has 0 aliphatic heterocycles. The fraction of sp³-hybridized carbons (Fsp3) is 0.105. The zero-order valence-corrected chi connectivity index (χ0v) is 12.5. The third-order valence-electron chi connectivity index (χ3n) is 3.59. The number of carbonyl (C=O) groups is 2. The van der Waals surface area contributed by atoms with Crippen LogP contribution < -0.4 is 5.32 Å². The Morgan fingerprint density at radius 2 is 1.70 bits per heavy atom. The van der Waals surface area contributed by atoms with Crippen molar-refractivity contribution < 1.29 is 9.59 Å². The van der Waals surface area contributed by atoms with Gasteiger partial charge in [-0.25, -0.2) is 0 Å². The molecule has 3 aromatic rings. The smallest absolute Gasteiger partial charge is 0.224 e. The number of amides is 1. The van der Waals surface area contributed by atoms with Gasteiger partial charge in [0.25, 0.3) is 0 Å². The first kappa shape index (κ1) is 14.9. The fourth-order valence-corrected chi connectivity index (χ4v) is 2.42. The van der Waals surface area contributed by atoms with Crippen molar-refractivity contribution in [3.63, 3.8) is 0 Å². The predicted molar refractivity (Wildman–Crippen MR) is 90.4 cm³/mol. The van der Waals surface area contributed by atoms with Crippen LogP contribution in [0.3, 0.4) is 0 Å². The Morgan fingerprint density at radius 3 is 2.52 bits per heavy atom. The standard InChI is InChI=1S/C19H16N2O2/c22-18(14-6-2-1-3-7-14)11-12-19(23)21-17-10-4-9-16-15(17)8-5-13-20-16/h1-10,13H,11-12H2,(H,21,23). The summed E-state index contributed by atoms with van der Waals surface area (Å²) in [5.41, 5.74) is 2.17. The van der Waals surface area contributed by atoms with E-state index < -0.39 is 0 Å². The molecule has 3 rings (SSSR count). The molecule has 0 atom stereocenters. The van der Waals surface area contributed by atoms with Gasteiger partial charge in [0.15, 0.2) is 5.78 Å². The van der Waals surface area contributed by atoms with Crippen LogP contribution in [0.5, 0.6) is 0 Å². The second-order valence-electron chi connectivity index (χ2n) is 5.21. The number of rotatable bonds is 5. The Balaban J connectivity index is 1.64. The van der Waals surface area contributed by atoms with Crippen LogP contribution in [0.1, 0.15) is 23.2 Å². The van der Waals surface area contributed by atoms with Crippen LogP contribution in [-0.4, -0.2) is 16.7 Å². The highest BCUT2D eigenvalue weighted by Gasteiger charge is 2.10. The van der Waals surface area contributed by atoms with E-state index in [1.165, 1.54) is 0 Å². The lowest BCUT2D eigenvalue weighted by Gasteiger charge is -2.08. The normalized spacial score (nSPS) is 10.4. The minimum atomic E-state index is -0.175. The van der Waals surface area contributed by atoms with Crippen molar-refractivity contribution in [3.05, 3.63) is 72.4 Å². The summed E-state index contributed by atoms with van der Waals surface area (Å²) >= 11 is 0. The van der Waals surface area contributed by atoms with Gasteiger partial charge >= 0.3 is 0 Å². The highest BCUT2D eigenvalue weighted by atomic mass is 16.2. The fourth-order valence-electron chi connectivity index (χ4n) is 2.42. The summed E-state index contributed by atoms with van der Waals surface area (Å²) < 4.78 is 0. The Hall–Kier alpha value is -3.01. The average molecular weight is 304 g/mol. The first-order valence-corrected chi connectivity index (χ1v) is 7.46. The molecule has 0 fully saturated rings. The highest BCUT2D eigenvalue weighted by Crippen LogP contribution is 2.21. The molecule has 0 unspecified atom stereocenters. The number of nitrogens with one attached hydrogen (secondary N) is 1. The van der Waals surface area contributed by atoms with Crippen LogP contribution in [0.25, 0.3) is 10.9 Å². The van der Waals surface area contributed by atoms with Gasteiger partial charge in [0, 0.05) is 30.0 Å². The molecule has 1 heterocycles. The molecule has 4 heteroatoms. The summed E-state index contributed by atoms with van der Waals surface area (Å²) in [6.45, 7) is 0. The number of hydrogen-bond acceptors (Lipinski definition) is 3. The molecule has 1 aromatic heterocycles. The van der Waals surface area contributed by atoms with Crippen LogP contribution in [0.2, 0.25) is 0 Å². The van der Waals surface area contributed by atoms with Crippen LogP contribution in [0.15, 0.2) is 66.9 Å². The highest BCUT2D eigenvalue weighted by molar-refractivity contribution is 6.03. The van der Waals surface area contributed by atoms with Crippen LogP contribution in [0.4, 0.5) is 5.69 Å². The second kappa shape index (κ2) is 6.83. The van der Waals surface area contributed by atoms with Gasteiger partial charge in [-0.2, -0.15) is 0 Å². The van der Waals surface area contributed by atoms with Crippen molar-refractivity contribution in [2.45, 2.75) is 12.8 Å². The Bertz CT molecular complexity index is 839. The minimum Gasteiger partial charge on any atom is -0.325 e. The van der Waals surface area contributed by atoms with E-state index in [1.54, 1.807) is 18.3 Å². The van der Waals surface area contributed by atoms with E-state index in [-0.39, 0.29) is 24.5 Å². The molecule has 2 aromatic carbocycles. The number of carbonyl (C=O) groups excluding carboxylic acids is 2. The maximum Gasteiger partial charge on any atom is 0.224 e. The molecule has 114 valence electrons. The third kappa shape index (κ3) is 3.61. The van der Waals surface area contributed by atoms with Gasteiger partial charge < -0.3 is 5.32 Å². The predicted octanol–water partition coefficient (Wildman–Crippen LogP) is 3.84. The lowest BCUT2D eigenvalue weighted by Crippen LogP contribution is -2.13. The molecule has 1 amide bonds. The van der Waals surface area contributed by atoms with Crippen molar-refractivity contribution in [1.82, 2.24) is 4.98 Å². The number of hydrogen-bond donors (Lipinski definition) is 1. The zero-order valence-electron chi connectivity index (χ0n) is 12.5. The summed E-state index contributed by atoms with van der Waals surface area (Å²) in [6.07, 6.45) is 2.07. The quantitative estimate of drug-likeness (QED) is 0.729. The van der Waals surface area contributed by atoms with Crippen LogP contribution >= 0.6 is 0 Å². The summed E-state index contributed by atoms with van der Waals surface area (Å²) in [7, 11) is 0. The molecule has 0 saturated heterocycles. The molecule has 1 N–H and O–H groups in total. The Labute approximate surface area is 134 Å². The molecule has 0 saturated carbocycles. The molecule has 0 aliphatic rings. The van der Waals surface area contributed by atoms with Gasteiger partial charge in [0.05, 0.1) is 11.2 Å². The molecule has 0 radical (unpaired) electrons. The number of pyridine rings is 1. The van der Waals surface area contributed by atoms with E-state index in [9.17, 15) is 9.59 Å². The molecule has 0 bridgehead atoms. The number of nitrogens with zero attached hydrogens (tertiary/aromatic N) is 1. The second-order valence-corrected chi connectivity index (χ2v) is 5.21. The van der Waals surface area contributed by atoms with Crippen molar-refractivity contribution in [2.24, 2.45) is 0 Å². The maximum atomic E-state index is 12.1. The molecule has 0 spiro atoms. The van der Waals surface area contributed by atoms with Crippen LogP contribution in [-0.2, 0) is 4.79 Å². The Kier molecular flexibility index (Phi) is 4.43. The monoisotopic (exact) mass is 304 g/mol. The average Bonchev–Trinajstić information content (AvgIpc) is 2.61.